The maximum absolute atomic E-state index is 2.45. The van der Waals surface area contributed by atoms with Gasteiger partial charge in [0.2, 0.25) is 0 Å². The van der Waals surface area contributed by atoms with Gasteiger partial charge in [-0.2, -0.15) is 0 Å². The zero-order chi connectivity index (χ0) is 37.8. The van der Waals surface area contributed by atoms with Crippen LogP contribution < -0.4 is 4.90 Å². The molecule has 0 amide bonds. The molecule has 0 atom stereocenters. The predicted molar refractivity (Wildman–Crippen MR) is 238 cm³/mol. The number of anilines is 3. The average Bonchev–Trinajstić information content (AvgIpc) is 3.78. The fraction of sp³-hybridized carbons (Fsp3) is 0.0182. The Morgan fingerprint density at radius 2 is 0.912 bits per heavy atom. The molecule has 1 aromatic heterocycles. The molecule has 2 nitrogen and oxygen atoms in total. The molecule has 10 aromatic rings. The van der Waals surface area contributed by atoms with Gasteiger partial charge in [-0.1, -0.05) is 176 Å². The SMILES string of the molecule is c1ccc(N(c2ccc3c(c2)C(c2ccccc2)(c2ccccc2)c2ccccc2-3)c2ccccc2-c2ccc3c4ccccc4n(-c4ccccc4)c3c2)cc1. The van der Waals surface area contributed by atoms with Gasteiger partial charge in [-0.3, -0.25) is 0 Å². The Morgan fingerprint density at radius 1 is 0.351 bits per heavy atom. The Labute approximate surface area is 333 Å². The molecule has 0 saturated heterocycles. The van der Waals surface area contributed by atoms with Crippen molar-refractivity contribution in [1.82, 2.24) is 4.57 Å². The number of rotatable bonds is 7. The average molecular weight is 727 g/mol. The van der Waals surface area contributed by atoms with E-state index >= 15 is 0 Å². The Bertz CT molecular complexity index is 3020. The topological polar surface area (TPSA) is 8.17 Å². The number of hydrogen-bond acceptors (Lipinski definition) is 1. The number of hydrogen-bond donors (Lipinski definition) is 0. The zero-order valence-corrected chi connectivity index (χ0v) is 31.3. The Morgan fingerprint density at radius 3 is 1.65 bits per heavy atom. The van der Waals surface area contributed by atoms with Gasteiger partial charge in [0, 0.05) is 33.4 Å². The highest BCUT2D eigenvalue weighted by molar-refractivity contribution is 6.10. The first-order valence-electron chi connectivity index (χ1n) is 19.7. The van der Waals surface area contributed by atoms with Gasteiger partial charge in [0.25, 0.3) is 0 Å². The molecule has 0 radical (unpaired) electrons. The number of para-hydroxylation sites is 4. The molecule has 0 unspecified atom stereocenters. The van der Waals surface area contributed by atoms with Gasteiger partial charge < -0.3 is 9.47 Å². The minimum absolute atomic E-state index is 0.498. The summed E-state index contributed by atoms with van der Waals surface area (Å²) in [6.07, 6.45) is 0. The number of benzene rings is 9. The number of nitrogens with zero attached hydrogens (tertiary/aromatic N) is 2. The van der Waals surface area contributed by atoms with Gasteiger partial charge >= 0.3 is 0 Å². The summed E-state index contributed by atoms with van der Waals surface area (Å²) in [6.45, 7) is 0. The molecule has 0 N–H and O–H groups in total. The van der Waals surface area contributed by atoms with Gasteiger partial charge in [0.05, 0.1) is 22.1 Å². The number of fused-ring (bicyclic) bond motifs is 6. The third kappa shape index (κ3) is 5.11. The first-order chi connectivity index (χ1) is 28.3. The summed E-state index contributed by atoms with van der Waals surface area (Å²) in [5.41, 5.74) is 16.3. The molecular weight excluding hydrogens is 689 g/mol. The van der Waals surface area contributed by atoms with Gasteiger partial charge in [0.1, 0.15) is 0 Å². The molecule has 0 spiro atoms. The van der Waals surface area contributed by atoms with Crippen molar-refractivity contribution in [2.75, 3.05) is 4.90 Å². The van der Waals surface area contributed by atoms with Gasteiger partial charge in [-0.25, -0.2) is 0 Å². The molecule has 0 fully saturated rings. The van der Waals surface area contributed by atoms with Crippen LogP contribution in [0.2, 0.25) is 0 Å². The predicted octanol–water partition coefficient (Wildman–Crippen LogP) is 14.3. The lowest BCUT2D eigenvalue weighted by atomic mass is 9.67. The highest BCUT2D eigenvalue weighted by atomic mass is 15.1. The van der Waals surface area contributed by atoms with Crippen LogP contribution in [0, 0.1) is 0 Å². The van der Waals surface area contributed by atoms with Crippen LogP contribution in [-0.2, 0) is 5.41 Å². The molecule has 0 aliphatic heterocycles. The monoisotopic (exact) mass is 726 g/mol. The maximum atomic E-state index is 2.45. The van der Waals surface area contributed by atoms with Crippen molar-refractivity contribution in [3.63, 3.8) is 0 Å². The molecule has 1 aliphatic carbocycles. The second kappa shape index (κ2) is 13.4. The zero-order valence-electron chi connectivity index (χ0n) is 31.3. The van der Waals surface area contributed by atoms with Crippen LogP contribution in [0.15, 0.2) is 231 Å². The first kappa shape index (κ1) is 33.0. The molecule has 57 heavy (non-hydrogen) atoms. The molecule has 0 saturated carbocycles. The van der Waals surface area contributed by atoms with Gasteiger partial charge in [-0.05, 0) is 93.5 Å². The summed E-state index contributed by atoms with van der Waals surface area (Å²) >= 11 is 0. The van der Waals surface area contributed by atoms with Crippen LogP contribution in [0.25, 0.3) is 49.7 Å². The summed E-state index contributed by atoms with van der Waals surface area (Å²) in [5, 5.41) is 2.49. The van der Waals surface area contributed by atoms with E-state index in [1.54, 1.807) is 0 Å². The maximum Gasteiger partial charge on any atom is 0.0714 e. The lowest BCUT2D eigenvalue weighted by molar-refractivity contribution is 0.768. The molecule has 0 bridgehead atoms. The van der Waals surface area contributed by atoms with Crippen molar-refractivity contribution >= 4 is 38.9 Å². The second-order valence-electron chi connectivity index (χ2n) is 14.9. The summed E-state index contributed by atoms with van der Waals surface area (Å²) in [7, 11) is 0. The van der Waals surface area contributed by atoms with E-state index < -0.39 is 5.41 Å². The Kier molecular flexibility index (Phi) is 7.75. The molecule has 1 aliphatic rings. The van der Waals surface area contributed by atoms with E-state index in [9.17, 15) is 0 Å². The minimum atomic E-state index is -0.498. The van der Waals surface area contributed by atoms with E-state index in [2.05, 4.69) is 240 Å². The molecule has 11 rings (SSSR count). The molecule has 268 valence electrons. The third-order valence-corrected chi connectivity index (χ3v) is 11.9. The Balaban J connectivity index is 1.15. The highest BCUT2D eigenvalue weighted by Gasteiger charge is 2.46. The lowest BCUT2D eigenvalue weighted by Gasteiger charge is -2.35. The first-order valence-corrected chi connectivity index (χ1v) is 19.7. The van der Waals surface area contributed by atoms with Crippen LogP contribution in [0.5, 0.6) is 0 Å². The van der Waals surface area contributed by atoms with Crippen molar-refractivity contribution in [3.8, 4) is 27.9 Å². The quantitative estimate of drug-likeness (QED) is 0.159. The van der Waals surface area contributed by atoms with Crippen molar-refractivity contribution < 1.29 is 0 Å². The standard InChI is InChI=1S/C55H38N2/c1-5-19-40(20-6-1)55(41-21-7-2-8-22-41)50-30-16-13-28-46(50)47-36-34-44(38-51(47)55)56(42-23-9-3-10-24-42)52-31-17-14-27-45(52)39-33-35-49-48-29-15-18-32-53(48)57(54(49)37-39)43-25-11-4-12-26-43/h1-38H. The largest absolute Gasteiger partial charge is 0.310 e. The smallest absolute Gasteiger partial charge is 0.0714 e. The molecular formula is C55H38N2. The lowest BCUT2D eigenvalue weighted by Crippen LogP contribution is -2.28. The summed E-state index contributed by atoms with van der Waals surface area (Å²) in [6, 6.07) is 84.2. The fourth-order valence-corrected chi connectivity index (χ4v) is 9.48. The molecule has 9 aromatic carbocycles. The van der Waals surface area contributed by atoms with Crippen LogP contribution in [0.3, 0.4) is 0 Å². The number of aromatic nitrogens is 1. The molecule has 1 heterocycles. The minimum Gasteiger partial charge on any atom is -0.310 e. The highest BCUT2D eigenvalue weighted by Crippen LogP contribution is 2.57. The molecule has 2 heteroatoms. The van der Waals surface area contributed by atoms with Crippen LogP contribution in [0.4, 0.5) is 17.1 Å². The van der Waals surface area contributed by atoms with E-state index in [1.165, 1.54) is 55.2 Å². The van der Waals surface area contributed by atoms with E-state index in [0.29, 0.717) is 0 Å². The van der Waals surface area contributed by atoms with E-state index in [4.69, 9.17) is 0 Å². The van der Waals surface area contributed by atoms with Crippen molar-refractivity contribution in [2.45, 2.75) is 5.41 Å². The van der Waals surface area contributed by atoms with E-state index in [1.807, 2.05) is 0 Å². The second-order valence-corrected chi connectivity index (χ2v) is 14.9. The van der Waals surface area contributed by atoms with Gasteiger partial charge in [0.15, 0.2) is 0 Å². The van der Waals surface area contributed by atoms with E-state index in [0.717, 1.165) is 33.9 Å². The normalized spacial score (nSPS) is 12.7. The van der Waals surface area contributed by atoms with Crippen molar-refractivity contribution in [2.24, 2.45) is 0 Å². The van der Waals surface area contributed by atoms with Crippen LogP contribution >= 0.6 is 0 Å². The van der Waals surface area contributed by atoms with Crippen molar-refractivity contribution in [1.29, 1.82) is 0 Å². The fourth-order valence-electron chi connectivity index (χ4n) is 9.48. The van der Waals surface area contributed by atoms with Gasteiger partial charge in [-0.15, -0.1) is 0 Å². The van der Waals surface area contributed by atoms with Crippen LogP contribution in [0.1, 0.15) is 22.3 Å². The van der Waals surface area contributed by atoms with Crippen molar-refractivity contribution in [3.05, 3.63) is 253 Å². The summed E-state index contributed by atoms with van der Waals surface area (Å²) in [4.78, 5) is 2.44. The Hall–Kier alpha value is -7.42. The third-order valence-electron chi connectivity index (χ3n) is 11.9. The summed E-state index contributed by atoms with van der Waals surface area (Å²) in [5.74, 6) is 0. The van der Waals surface area contributed by atoms with Crippen LogP contribution in [-0.4, -0.2) is 4.57 Å². The summed E-state index contributed by atoms with van der Waals surface area (Å²) < 4.78 is 2.40. The van der Waals surface area contributed by atoms with E-state index in [-0.39, 0.29) is 0 Å².